The Morgan fingerprint density at radius 3 is 2.63 bits per heavy atom. The molecule has 0 aromatic heterocycles. The summed E-state index contributed by atoms with van der Waals surface area (Å²) < 4.78 is 11.6. The molecule has 0 radical (unpaired) electrons. The molecular formula is C15H20ClNO2. The molecule has 2 aliphatic rings. The summed E-state index contributed by atoms with van der Waals surface area (Å²) in [6.45, 7) is 6.76. The number of halogens is 1. The van der Waals surface area contributed by atoms with Crippen molar-refractivity contribution in [1.29, 1.82) is 0 Å². The SMILES string of the molecule is Cc1c(C2(C)CCCN2)cc(Cl)c2c1OCCCO2. The van der Waals surface area contributed by atoms with Crippen molar-refractivity contribution in [3.8, 4) is 11.5 Å². The van der Waals surface area contributed by atoms with Crippen LogP contribution in [0.2, 0.25) is 5.02 Å². The number of hydrogen-bond donors (Lipinski definition) is 1. The lowest BCUT2D eigenvalue weighted by Gasteiger charge is -2.29. The van der Waals surface area contributed by atoms with Crippen molar-refractivity contribution in [2.24, 2.45) is 0 Å². The Bertz CT molecular complexity index is 495. The van der Waals surface area contributed by atoms with E-state index in [4.69, 9.17) is 21.1 Å². The summed E-state index contributed by atoms with van der Waals surface area (Å²) in [5, 5.41) is 4.24. The Balaban J connectivity index is 2.12. The zero-order chi connectivity index (χ0) is 13.5. The fourth-order valence-corrected chi connectivity index (χ4v) is 3.36. The highest BCUT2D eigenvalue weighted by atomic mass is 35.5. The van der Waals surface area contributed by atoms with Crippen LogP contribution in [0.1, 0.15) is 37.3 Å². The number of benzene rings is 1. The fourth-order valence-electron chi connectivity index (χ4n) is 3.11. The summed E-state index contributed by atoms with van der Waals surface area (Å²) in [6.07, 6.45) is 3.22. The predicted octanol–water partition coefficient (Wildman–Crippen LogP) is 3.41. The van der Waals surface area contributed by atoms with E-state index in [2.05, 4.69) is 19.2 Å². The molecule has 0 saturated carbocycles. The van der Waals surface area contributed by atoms with Gasteiger partial charge in [-0.1, -0.05) is 11.6 Å². The van der Waals surface area contributed by atoms with E-state index in [0.717, 1.165) is 30.7 Å². The quantitative estimate of drug-likeness (QED) is 0.856. The van der Waals surface area contributed by atoms with Gasteiger partial charge in [-0.25, -0.2) is 0 Å². The van der Waals surface area contributed by atoms with Crippen molar-refractivity contribution in [1.82, 2.24) is 5.32 Å². The van der Waals surface area contributed by atoms with Crippen molar-refractivity contribution >= 4 is 11.6 Å². The minimum absolute atomic E-state index is 0.00157. The van der Waals surface area contributed by atoms with E-state index in [1.165, 1.54) is 12.0 Å². The highest BCUT2D eigenvalue weighted by molar-refractivity contribution is 6.32. The second-order valence-electron chi connectivity index (χ2n) is 5.60. The van der Waals surface area contributed by atoms with Gasteiger partial charge in [-0.3, -0.25) is 0 Å². The molecule has 1 atom stereocenters. The molecule has 1 aromatic carbocycles. The largest absolute Gasteiger partial charge is 0.489 e. The molecule has 1 aromatic rings. The molecule has 4 heteroatoms. The van der Waals surface area contributed by atoms with Crippen LogP contribution in [0, 0.1) is 6.92 Å². The molecule has 2 heterocycles. The lowest BCUT2D eigenvalue weighted by atomic mass is 9.87. The molecule has 1 N–H and O–H groups in total. The van der Waals surface area contributed by atoms with Gasteiger partial charge >= 0.3 is 0 Å². The first-order valence-corrected chi connectivity index (χ1v) is 7.34. The Kier molecular flexibility index (Phi) is 3.35. The molecule has 0 bridgehead atoms. The van der Waals surface area contributed by atoms with Gasteiger partial charge in [0, 0.05) is 17.5 Å². The smallest absolute Gasteiger partial charge is 0.180 e. The maximum Gasteiger partial charge on any atom is 0.180 e. The Morgan fingerprint density at radius 2 is 1.95 bits per heavy atom. The summed E-state index contributed by atoms with van der Waals surface area (Å²) >= 11 is 6.40. The minimum Gasteiger partial charge on any atom is -0.489 e. The molecule has 0 amide bonds. The standard InChI is InChI=1S/C15H20ClNO2/c1-10-11(15(2)5-3-6-17-15)9-12(16)14-13(10)18-7-4-8-19-14/h9,17H,3-8H2,1-2H3. The van der Waals surface area contributed by atoms with Gasteiger partial charge in [-0.2, -0.15) is 0 Å². The number of hydrogen-bond acceptors (Lipinski definition) is 3. The molecule has 1 fully saturated rings. The van der Waals surface area contributed by atoms with E-state index in [9.17, 15) is 0 Å². The topological polar surface area (TPSA) is 30.5 Å². The molecular weight excluding hydrogens is 262 g/mol. The fraction of sp³-hybridized carbons (Fsp3) is 0.600. The predicted molar refractivity (Wildman–Crippen MR) is 76.4 cm³/mol. The van der Waals surface area contributed by atoms with Crippen LogP contribution in [0.3, 0.4) is 0 Å². The molecule has 1 unspecified atom stereocenters. The van der Waals surface area contributed by atoms with Gasteiger partial charge in [0.15, 0.2) is 11.5 Å². The van der Waals surface area contributed by atoms with Crippen LogP contribution in [0.4, 0.5) is 0 Å². The van der Waals surface area contributed by atoms with E-state index < -0.39 is 0 Å². The van der Waals surface area contributed by atoms with Crippen molar-refractivity contribution in [3.05, 3.63) is 22.2 Å². The summed E-state index contributed by atoms with van der Waals surface area (Å²) in [4.78, 5) is 0. The summed E-state index contributed by atoms with van der Waals surface area (Å²) in [6, 6.07) is 2.04. The van der Waals surface area contributed by atoms with Gasteiger partial charge in [0.2, 0.25) is 0 Å². The zero-order valence-electron chi connectivity index (χ0n) is 11.5. The first-order valence-electron chi connectivity index (χ1n) is 6.96. The average molecular weight is 282 g/mol. The second-order valence-corrected chi connectivity index (χ2v) is 6.01. The Morgan fingerprint density at radius 1 is 1.21 bits per heavy atom. The first kappa shape index (κ1) is 13.1. The minimum atomic E-state index is -0.00157. The van der Waals surface area contributed by atoms with Crippen LogP contribution in [-0.4, -0.2) is 19.8 Å². The van der Waals surface area contributed by atoms with E-state index >= 15 is 0 Å². The van der Waals surface area contributed by atoms with Gasteiger partial charge in [0.25, 0.3) is 0 Å². The number of rotatable bonds is 1. The molecule has 1 saturated heterocycles. The van der Waals surface area contributed by atoms with E-state index in [1.807, 2.05) is 6.07 Å². The highest BCUT2D eigenvalue weighted by Crippen LogP contribution is 2.45. The van der Waals surface area contributed by atoms with E-state index in [0.29, 0.717) is 24.0 Å². The third-order valence-electron chi connectivity index (χ3n) is 4.18. The van der Waals surface area contributed by atoms with E-state index in [1.54, 1.807) is 0 Å². The second kappa shape index (κ2) is 4.88. The van der Waals surface area contributed by atoms with Crippen molar-refractivity contribution in [2.75, 3.05) is 19.8 Å². The van der Waals surface area contributed by atoms with Crippen molar-refractivity contribution in [2.45, 2.75) is 38.6 Å². The molecule has 104 valence electrons. The third kappa shape index (κ3) is 2.19. The molecule has 0 spiro atoms. The van der Waals surface area contributed by atoms with Crippen LogP contribution >= 0.6 is 11.6 Å². The summed E-state index contributed by atoms with van der Waals surface area (Å²) in [7, 11) is 0. The normalized spacial score (nSPS) is 26.3. The van der Waals surface area contributed by atoms with Gasteiger partial charge < -0.3 is 14.8 Å². The van der Waals surface area contributed by atoms with Crippen LogP contribution in [0.25, 0.3) is 0 Å². The maximum absolute atomic E-state index is 6.40. The van der Waals surface area contributed by atoms with Gasteiger partial charge in [-0.15, -0.1) is 0 Å². The highest BCUT2D eigenvalue weighted by Gasteiger charge is 2.34. The lowest BCUT2D eigenvalue weighted by molar-refractivity contribution is 0.296. The maximum atomic E-state index is 6.40. The van der Waals surface area contributed by atoms with Crippen molar-refractivity contribution in [3.63, 3.8) is 0 Å². The average Bonchev–Trinajstić information content (AvgIpc) is 2.68. The Labute approximate surface area is 119 Å². The summed E-state index contributed by atoms with van der Waals surface area (Å²) in [5.74, 6) is 1.54. The van der Waals surface area contributed by atoms with Crippen LogP contribution in [0.15, 0.2) is 6.07 Å². The monoisotopic (exact) mass is 281 g/mol. The van der Waals surface area contributed by atoms with Gasteiger partial charge in [0.1, 0.15) is 0 Å². The zero-order valence-corrected chi connectivity index (χ0v) is 12.3. The third-order valence-corrected chi connectivity index (χ3v) is 4.46. The van der Waals surface area contributed by atoms with Crippen LogP contribution in [-0.2, 0) is 5.54 Å². The van der Waals surface area contributed by atoms with Crippen molar-refractivity contribution < 1.29 is 9.47 Å². The van der Waals surface area contributed by atoms with Gasteiger partial charge in [0.05, 0.1) is 18.2 Å². The first-order chi connectivity index (χ1) is 9.12. The number of ether oxygens (including phenoxy) is 2. The molecule has 19 heavy (non-hydrogen) atoms. The van der Waals surface area contributed by atoms with Crippen LogP contribution in [0.5, 0.6) is 11.5 Å². The molecule has 0 aliphatic carbocycles. The molecule has 3 rings (SSSR count). The summed E-state index contributed by atoms with van der Waals surface area (Å²) in [5.41, 5.74) is 2.38. The Hall–Kier alpha value is -0.930. The molecule has 2 aliphatic heterocycles. The van der Waals surface area contributed by atoms with Crippen LogP contribution < -0.4 is 14.8 Å². The number of nitrogens with one attached hydrogen (secondary N) is 1. The lowest BCUT2D eigenvalue weighted by Crippen LogP contribution is -2.34. The molecule has 3 nitrogen and oxygen atoms in total. The number of fused-ring (bicyclic) bond motifs is 1. The van der Waals surface area contributed by atoms with Gasteiger partial charge in [-0.05, 0) is 44.9 Å². The van der Waals surface area contributed by atoms with E-state index in [-0.39, 0.29) is 5.54 Å².